The molecule has 0 bridgehead atoms. The molecule has 3 aromatic heterocycles. The van der Waals surface area contributed by atoms with E-state index in [9.17, 15) is 4.79 Å². The number of hydrogen-bond donors (Lipinski definition) is 0. The van der Waals surface area contributed by atoms with Crippen molar-refractivity contribution < 1.29 is 9.47 Å². The van der Waals surface area contributed by atoms with Crippen molar-refractivity contribution in [3.05, 3.63) is 64.7 Å². The summed E-state index contributed by atoms with van der Waals surface area (Å²) < 4.78 is 12.9. The molecule has 0 saturated heterocycles. The van der Waals surface area contributed by atoms with E-state index in [1.165, 1.54) is 0 Å². The molecular formula is C22H24N4O3. The minimum absolute atomic E-state index is 0.0282. The molecule has 1 aliphatic rings. The fraction of sp³-hybridized carbons (Fsp3) is 0.364. The lowest BCUT2D eigenvalue weighted by molar-refractivity contribution is 0.285. The van der Waals surface area contributed by atoms with Crippen LogP contribution in [0.2, 0.25) is 0 Å². The first-order valence-corrected chi connectivity index (χ1v) is 9.76. The first kappa shape index (κ1) is 19.1. The third-order valence-electron chi connectivity index (χ3n) is 5.24. The summed E-state index contributed by atoms with van der Waals surface area (Å²) >= 11 is 0. The second kappa shape index (κ2) is 8.03. The Morgan fingerprint density at radius 2 is 2.03 bits per heavy atom. The molecule has 3 heterocycles. The van der Waals surface area contributed by atoms with E-state index in [0.717, 1.165) is 29.0 Å². The highest BCUT2D eigenvalue weighted by Gasteiger charge is 2.40. The zero-order valence-corrected chi connectivity index (χ0v) is 16.8. The fourth-order valence-corrected chi connectivity index (χ4v) is 3.41. The third-order valence-corrected chi connectivity index (χ3v) is 5.24. The maximum atomic E-state index is 11.9. The molecule has 2 atom stereocenters. The van der Waals surface area contributed by atoms with Gasteiger partial charge in [0, 0.05) is 48.1 Å². The summed E-state index contributed by atoms with van der Waals surface area (Å²) in [5.41, 5.74) is 2.69. The molecule has 1 fully saturated rings. The van der Waals surface area contributed by atoms with E-state index in [-0.39, 0.29) is 5.56 Å². The molecule has 1 saturated carbocycles. The lowest BCUT2D eigenvalue weighted by Gasteiger charge is -2.12. The van der Waals surface area contributed by atoms with Gasteiger partial charge < -0.3 is 14.0 Å². The summed E-state index contributed by atoms with van der Waals surface area (Å²) in [5, 5.41) is 0. The minimum atomic E-state index is -0.0282. The van der Waals surface area contributed by atoms with Crippen LogP contribution in [0.1, 0.15) is 30.8 Å². The van der Waals surface area contributed by atoms with Crippen molar-refractivity contribution in [2.75, 3.05) is 13.7 Å². The van der Waals surface area contributed by atoms with Gasteiger partial charge in [0.1, 0.15) is 11.6 Å². The van der Waals surface area contributed by atoms with Crippen LogP contribution >= 0.6 is 0 Å². The molecule has 0 radical (unpaired) electrons. The predicted molar refractivity (Wildman–Crippen MR) is 109 cm³/mol. The van der Waals surface area contributed by atoms with Crippen LogP contribution in [0.3, 0.4) is 0 Å². The van der Waals surface area contributed by atoms with E-state index < -0.39 is 0 Å². The Balaban J connectivity index is 1.49. The Labute approximate surface area is 169 Å². The molecular weight excluding hydrogens is 368 g/mol. The molecule has 7 heteroatoms. The Hall–Kier alpha value is -3.22. The topological polar surface area (TPSA) is 79.1 Å². The summed E-state index contributed by atoms with van der Waals surface area (Å²) in [6, 6.07) is 7.30. The zero-order chi connectivity index (χ0) is 20.4. The second-order valence-corrected chi connectivity index (χ2v) is 7.21. The summed E-state index contributed by atoms with van der Waals surface area (Å²) in [5.74, 6) is 2.76. The largest absolute Gasteiger partial charge is 0.495 e. The van der Waals surface area contributed by atoms with E-state index in [1.807, 2.05) is 32.2 Å². The van der Waals surface area contributed by atoms with Gasteiger partial charge in [0.2, 0.25) is 5.88 Å². The Bertz CT molecular complexity index is 1060. The molecule has 150 valence electrons. The quantitative estimate of drug-likeness (QED) is 0.614. The number of pyridine rings is 2. The molecule has 4 rings (SSSR count). The molecule has 1 aliphatic carbocycles. The number of aryl methyl sites for hydroxylation is 2. The van der Waals surface area contributed by atoms with E-state index in [0.29, 0.717) is 36.7 Å². The normalized spacial score (nSPS) is 17.8. The maximum Gasteiger partial charge on any atom is 0.250 e. The molecule has 29 heavy (non-hydrogen) atoms. The van der Waals surface area contributed by atoms with Crippen molar-refractivity contribution in [3.63, 3.8) is 0 Å². The lowest BCUT2D eigenvalue weighted by atomic mass is 10.1. The van der Waals surface area contributed by atoms with Crippen molar-refractivity contribution in [2.45, 2.75) is 32.7 Å². The van der Waals surface area contributed by atoms with Gasteiger partial charge in [-0.3, -0.25) is 9.78 Å². The molecule has 0 amide bonds. The van der Waals surface area contributed by atoms with Crippen LogP contribution in [0, 0.1) is 12.8 Å². The number of nitrogens with zero attached hydrogens (tertiary/aromatic N) is 4. The van der Waals surface area contributed by atoms with Crippen molar-refractivity contribution in [1.82, 2.24) is 19.5 Å². The van der Waals surface area contributed by atoms with Gasteiger partial charge >= 0.3 is 0 Å². The number of rotatable bonds is 7. The van der Waals surface area contributed by atoms with Crippen molar-refractivity contribution >= 4 is 0 Å². The van der Waals surface area contributed by atoms with E-state index in [4.69, 9.17) is 9.47 Å². The number of hydrogen-bond acceptors (Lipinski definition) is 6. The maximum absolute atomic E-state index is 11.9. The first-order valence-electron chi connectivity index (χ1n) is 9.76. The summed E-state index contributed by atoms with van der Waals surface area (Å²) in [4.78, 5) is 25.2. The third kappa shape index (κ3) is 4.13. The van der Waals surface area contributed by atoms with Gasteiger partial charge in [-0.15, -0.1) is 0 Å². The molecule has 0 aliphatic heterocycles. The molecule has 0 aromatic carbocycles. The van der Waals surface area contributed by atoms with Crippen molar-refractivity contribution in [3.8, 4) is 22.8 Å². The van der Waals surface area contributed by atoms with Crippen LogP contribution in [0.25, 0.3) is 11.1 Å². The van der Waals surface area contributed by atoms with Crippen LogP contribution < -0.4 is 15.0 Å². The number of methoxy groups -OCH3 is 1. The van der Waals surface area contributed by atoms with Crippen LogP contribution in [-0.2, 0) is 6.54 Å². The smallest absolute Gasteiger partial charge is 0.250 e. The monoisotopic (exact) mass is 392 g/mol. The lowest BCUT2D eigenvalue weighted by Crippen LogP contribution is -2.17. The molecule has 0 spiro atoms. The molecule has 0 unspecified atom stereocenters. The standard InChI is InChI=1S/C22H24N4O3/c1-4-26-12-15(5-8-21(26)27)19-11-23-14(2)25-22(19)29-13-16-9-18(16)20-7-6-17(28-3)10-24-20/h5-8,10-12,16,18H,4,9,13H2,1-3H3/t16-,18+/m1/s1. The minimum Gasteiger partial charge on any atom is -0.495 e. The van der Waals surface area contributed by atoms with Crippen LogP contribution in [0.15, 0.2) is 47.7 Å². The second-order valence-electron chi connectivity index (χ2n) is 7.21. The van der Waals surface area contributed by atoms with Gasteiger partial charge in [0.05, 0.1) is 25.5 Å². The van der Waals surface area contributed by atoms with Gasteiger partial charge in [-0.1, -0.05) is 0 Å². The summed E-state index contributed by atoms with van der Waals surface area (Å²) in [6.07, 6.45) is 6.37. The summed E-state index contributed by atoms with van der Waals surface area (Å²) in [7, 11) is 1.64. The van der Waals surface area contributed by atoms with Gasteiger partial charge in [-0.05, 0) is 38.5 Å². The van der Waals surface area contributed by atoms with Crippen molar-refractivity contribution in [1.29, 1.82) is 0 Å². The van der Waals surface area contributed by atoms with Crippen LogP contribution in [0.5, 0.6) is 11.6 Å². The van der Waals surface area contributed by atoms with E-state index >= 15 is 0 Å². The van der Waals surface area contributed by atoms with E-state index in [2.05, 4.69) is 15.0 Å². The van der Waals surface area contributed by atoms with Crippen LogP contribution in [-0.4, -0.2) is 33.2 Å². The van der Waals surface area contributed by atoms with Gasteiger partial charge in [0.15, 0.2) is 0 Å². The number of aromatic nitrogens is 4. The molecule has 3 aromatic rings. The van der Waals surface area contributed by atoms with E-state index in [1.54, 1.807) is 36.2 Å². The summed E-state index contributed by atoms with van der Waals surface area (Å²) in [6.45, 7) is 4.95. The fourth-order valence-electron chi connectivity index (χ4n) is 3.41. The highest BCUT2D eigenvalue weighted by Crippen LogP contribution is 2.47. The Kier molecular flexibility index (Phi) is 5.29. The Morgan fingerprint density at radius 3 is 2.76 bits per heavy atom. The SMILES string of the molecule is CCn1cc(-c2cnc(C)nc2OC[C@H]2C[C@@H]2c2ccc(OC)cn2)ccc1=O. The Morgan fingerprint density at radius 1 is 1.17 bits per heavy atom. The molecule has 0 N–H and O–H groups in total. The van der Waals surface area contributed by atoms with Crippen molar-refractivity contribution in [2.24, 2.45) is 5.92 Å². The molecule has 7 nitrogen and oxygen atoms in total. The highest BCUT2D eigenvalue weighted by molar-refractivity contribution is 5.66. The zero-order valence-electron chi connectivity index (χ0n) is 16.8. The first-order chi connectivity index (χ1) is 14.1. The van der Waals surface area contributed by atoms with Crippen LogP contribution in [0.4, 0.5) is 0 Å². The average molecular weight is 392 g/mol. The van der Waals surface area contributed by atoms with Gasteiger partial charge in [0.25, 0.3) is 5.56 Å². The van der Waals surface area contributed by atoms with Gasteiger partial charge in [-0.25, -0.2) is 4.98 Å². The highest BCUT2D eigenvalue weighted by atomic mass is 16.5. The number of ether oxygens (including phenoxy) is 2. The average Bonchev–Trinajstić information content (AvgIpc) is 3.52. The predicted octanol–water partition coefficient (Wildman–Crippen LogP) is 3.22. The van der Waals surface area contributed by atoms with Gasteiger partial charge in [-0.2, -0.15) is 4.98 Å².